The Morgan fingerprint density at radius 3 is 1.64 bits per heavy atom. The van der Waals surface area contributed by atoms with Gasteiger partial charge >= 0.3 is 5.97 Å². The number of rotatable bonds is 19. The van der Waals surface area contributed by atoms with E-state index in [1.165, 1.54) is 77.0 Å². The summed E-state index contributed by atoms with van der Waals surface area (Å²) in [7, 11) is 4.07. The first-order chi connectivity index (χ1) is 13.3. The Balaban J connectivity index is 3.64. The van der Waals surface area contributed by atoms with Crippen molar-refractivity contribution in [1.29, 1.82) is 0 Å². The molecule has 0 radical (unpaired) electrons. The quantitative estimate of drug-likeness (QED) is 0.141. The van der Waals surface area contributed by atoms with Crippen molar-refractivity contribution in [3.8, 4) is 0 Å². The average Bonchev–Trinajstić information content (AvgIpc) is 2.67. The van der Waals surface area contributed by atoms with Crippen LogP contribution in [-0.2, 0) is 4.79 Å². The van der Waals surface area contributed by atoms with Crippen LogP contribution in [0.15, 0.2) is 12.2 Å². The van der Waals surface area contributed by atoms with Crippen LogP contribution in [0.25, 0.3) is 0 Å². The smallest absolute Gasteiger partial charge is 0.365 e. The summed E-state index contributed by atoms with van der Waals surface area (Å²) < 4.78 is 0.549. The van der Waals surface area contributed by atoms with E-state index in [-0.39, 0.29) is 0 Å². The Hall–Kier alpha value is -0.830. The number of carbonyl (C=O) groups is 1. The molecule has 0 rings (SSSR count). The van der Waals surface area contributed by atoms with Crippen molar-refractivity contribution in [2.45, 2.75) is 123 Å². The maximum Gasteiger partial charge on any atom is 0.365 e. The zero-order valence-corrected chi connectivity index (χ0v) is 19.8. The third-order valence-electron chi connectivity index (χ3n) is 6.76. The largest absolute Gasteiger partial charge is 0.477 e. The van der Waals surface area contributed by atoms with Gasteiger partial charge in [0.15, 0.2) is 5.54 Å². The summed E-state index contributed by atoms with van der Waals surface area (Å²) in [6.07, 6.45) is 23.5. The topological polar surface area (TPSA) is 37.3 Å². The minimum atomic E-state index is -0.671. The zero-order valence-electron chi connectivity index (χ0n) is 19.8. The summed E-state index contributed by atoms with van der Waals surface area (Å²) in [4.78, 5) is 11.8. The predicted molar refractivity (Wildman–Crippen MR) is 123 cm³/mol. The normalized spacial score (nSPS) is 14.5. The molecule has 0 saturated heterocycles. The molecule has 1 atom stereocenters. The number of quaternary nitrogens is 1. The monoisotopic (exact) mass is 396 g/mol. The van der Waals surface area contributed by atoms with Gasteiger partial charge in [0.1, 0.15) is 0 Å². The SMILES string of the molecule is CCCCCCCCC=CCCCCCCCCC(C)(C(=O)O)[N+](C)(C)CC. The Labute approximate surface area is 176 Å². The summed E-state index contributed by atoms with van der Waals surface area (Å²) in [5.74, 6) is -0.660. The summed E-state index contributed by atoms with van der Waals surface area (Å²) in [5.41, 5.74) is -0.671. The predicted octanol–water partition coefficient (Wildman–Crippen LogP) is 7.35. The fourth-order valence-electron chi connectivity index (χ4n) is 3.73. The van der Waals surface area contributed by atoms with Crippen LogP contribution >= 0.6 is 0 Å². The first-order valence-electron chi connectivity index (χ1n) is 12.0. The lowest BCUT2D eigenvalue weighted by Gasteiger charge is -2.43. The van der Waals surface area contributed by atoms with Crippen LogP contribution in [0, 0.1) is 0 Å². The minimum Gasteiger partial charge on any atom is -0.477 e. The van der Waals surface area contributed by atoms with Crippen molar-refractivity contribution in [2.24, 2.45) is 0 Å². The van der Waals surface area contributed by atoms with E-state index in [1.807, 2.05) is 21.0 Å². The van der Waals surface area contributed by atoms with Gasteiger partial charge in [0, 0.05) is 13.3 Å². The summed E-state index contributed by atoms with van der Waals surface area (Å²) in [5, 5.41) is 9.70. The summed E-state index contributed by atoms with van der Waals surface area (Å²) in [6.45, 7) is 7.10. The molecule has 1 unspecified atom stereocenters. The van der Waals surface area contributed by atoms with E-state index >= 15 is 0 Å². The fourth-order valence-corrected chi connectivity index (χ4v) is 3.73. The molecule has 0 saturated carbocycles. The molecule has 0 heterocycles. The molecular formula is C25H50NO2+. The molecular weight excluding hydrogens is 346 g/mol. The van der Waals surface area contributed by atoms with Gasteiger partial charge in [-0.25, -0.2) is 4.79 Å². The number of carboxylic acid groups (broad SMARTS) is 1. The maximum absolute atomic E-state index is 11.8. The van der Waals surface area contributed by atoms with Gasteiger partial charge in [-0.3, -0.25) is 0 Å². The fraction of sp³-hybridized carbons (Fsp3) is 0.880. The van der Waals surface area contributed by atoms with E-state index in [9.17, 15) is 9.90 Å². The third kappa shape index (κ3) is 11.2. The van der Waals surface area contributed by atoms with Gasteiger partial charge < -0.3 is 9.59 Å². The molecule has 0 aliphatic carbocycles. The molecule has 0 fully saturated rings. The molecule has 0 aromatic rings. The van der Waals surface area contributed by atoms with E-state index in [0.29, 0.717) is 4.48 Å². The molecule has 0 aliphatic heterocycles. The van der Waals surface area contributed by atoms with E-state index in [2.05, 4.69) is 26.0 Å². The third-order valence-corrected chi connectivity index (χ3v) is 6.76. The molecule has 166 valence electrons. The highest BCUT2D eigenvalue weighted by Gasteiger charge is 2.46. The number of carboxylic acids is 1. The second-order valence-electron chi connectivity index (χ2n) is 9.27. The van der Waals surface area contributed by atoms with Gasteiger partial charge in [-0.2, -0.15) is 0 Å². The summed E-state index contributed by atoms with van der Waals surface area (Å²) in [6, 6.07) is 0. The number of hydrogen-bond acceptors (Lipinski definition) is 1. The van der Waals surface area contributed by atoms with Gasteiger partial charge in [0.05, 0.1) is 20.6 Å². The molecule has 0 spiro atoms. The van der Waals surface area contributed by atoms with Crippen molar-refractivity contribution >= 4 is 5.97 Å². The lowest BCUT2D eigenvalue weighted by atomic mass is 9.90. The minimum absolute atomic E-state index is 0.549. The van der Waals surface area contributed by atoms with Crippen LogP contribution in [0.1, 0.15) is 117 Å². The molecule has 3 nitrogen and oxygen atoms in total. The number of likely N-dealkylation sites (N-methyl/N-ethyl adjacent to an activating group) is 1. The molecule has 0 bridgehead atoms. The van der Waals surface area contributed by atoms with Gasteiger partial charge in [-0.1, -0.05) is 76.9 Å². The highest BCUT2D eigenvalue weighted by Crippen LogP contribution is 2.27. The van der Waals surface area contributed by atoms with Crippen LogP contribution in [0.2, 0.25) is 0 Å². The number of nitrogens with zero attached hydrogens (tertiary/aromatic N) is 1. The summed E-state index contributed by atoms with van der Waals surface area (Å²) >= 11 is 0. The average molecular weight is 397 g/mol. The van der Waals surface area contributed by atoms with Crippen LogP contribution in [0.4, 0.5) is 0 Å². The molecule has 0 aromatic carbocycles. The van der Waals surface area contributed by atoms with Crippen molar-refractivity contribution < 1.29 is 14.4 Å². The molecule has 0 aromatic heterocycles. The van der Waals surface area contributed by atoms with Crippen LogP contribution < -0.4 is 0 Å². The molecule has 28 heavy (non-hydrogen) atoms. The van der Waals surface area contributed by atoms with E-state index in [0.717, 1.165) is 25.8 Å². The van der Waals surface area contributed by atoms with Gasteiger partial charge in [0.25, 0.3) is 0 Å². The van der Waals surface area contributed by atoms with Crippen LogP contribution in [0.3, 0.4) is 0 Å². The van der Waals surface area contributed by atoms with Crippen molar-refractivity contribution in [1.82, 2.24) is 0 Å². The second kappa shape index (κ2) is 16.0. The Morgan fingerprint density at radius 1 is 0.786 bits per heavy atom. The van der Waals surface area contributed by atoms with Gasteiger partial charge in [-0.15, -0.1) is 0 Å². The van der Waals surface area contributed by atoms with Crippen LogP contribution in [-0.4, -0.2) is 41.7 Å². The lowest BCUT2D eigenvalue weighted by Crippen LogP contribution is -2.62. The number of aliphatic carboxylic acids is 1. The Bertz CT molecular complexity index is 417. The van der Waals surface area contributed by atoms with Crippen LogP contribution in [0.5, 0.6) is 0 Å². The molecule has 0 aliphatic rings. The number of allylic oxidation sites excluding steroid dienone is 2. The highest BCUT2D eigenvalue weighted by atomic mass is 16.4. The highest BCUT2D eigenvalue weighted by molar-refractivity contribution is 5.76. The molecule has 0 amide bonds. The first kappa shape index (κ1) is 27.2. The van der Waals surface area contributed by atoms with Crippen molar-refractivity contribution in [3.63, 3.8) is 0 Å². The molecule has 3 heteroatoms. The Kier molecular flexibility index (Phi) is 15.5. The lowest BCUT2D eigenvalue weighted by molar-refractivity contribution is -0.929. The zero-order chi connectivity index (χ0) is 21.3. The number of unbranched alkanes of at least 4 members (excludes halogenated alkanes) is 12. The maximum atomic E-state index is 11.8. The van der Waals surface area contributed by atoms with Gasteiger partial charge in [0.2, 0.25) is 0 Å². The first-order valence-corrected chi connectivity index (χ1v) is 12.0. The van der Waals surface area contributed by atoms with Gasteiger partial charge in [-0.05, 0) is 39.0 Å². The van der Waals surface area contributed by atoms with E-state index in [4.69, 9.17) is 0 Å². The molecule has 1 N–H and O–H groups in total. The standard InChI is InChI=1S/C25H49NO2/c1-6-8-9-10-11-12-13-14-15-16-17-18-19-20-21-22-23-25(3,24(27)28)26(4,5)7-2/h14-15H,6-13,16-23H2,1-5H3/p+1. The second-order valence-corrected chi connectivity index (χ2v) is 9.27. The Morgan fingerprint density at radius 2 is 1.21 bits per heavy atom. The van der Waals surface area contributed by atoms with E-state index in [1.54, 1.807) is 0 Å². The number of hydrogen-bond donors (Lipinski definition) is 1. The van der Waals surface area contributed by atoms with E-state index < -0.39 is 11.5 Å². The van der Waals surface area contributed by atoms with Crippen molar-refractivity contribution in [3.05, 3.63) is 12.2 Å². The van der Waals surface area contributed by atoms with Crippen molar-refractivity contribution in [2.75, 3.05) is 20.6 Å².